The Morgan fingerprint density at radius 3 is 2.33 bits per heavy atom. The Balaban J connectivity index is 0.805. The number of ketones is 3. The highest BCUT2D eigenvalue weighted by Crippen LogP contribution is 2.47. The Morgan fingerprint density at radius 2 is 1.59 bits per heavy atom. The first kappa shape index (κ1) is 53.7. The zero-order valence-electron chi connectivity index (χ0n) is 42.2. The lowest BCUT2D eigenvalue weighted by atomic mass is 9.76. The number of aryl methyl sites for hydroxylation is 2. The Morgan fingerprint density at radius 1 is 0.853 bits per heavy atom. The van der Waals surface area contributed by atoms with Crippen molar-refractivity contribution < 1.29 is 62.5 Å². The van der Waals surface area contributed by atoms with Gasteiger partial charge in [-0.3, -0.25) is 48.1 Å². The van der Waals surface area contributed by atoms with Gasteiger partial charge in [-0.25, -0.2) is 9.78 Å². The second kappa shape index (κ2) is 23.3. The van der Waals surface area contributed by atoms with E-state index in [1.165, 1.54) is 0 Å². The van der Waals surface area contributed by atoms with Crippen LogP contribution in [0.4, 0.5) is 0 Å². The summed E-state index contributed by atoms with van der Waals surface area (Å²) >= 11 is 0. The van der Waals surface area contributed by atoms with E-state index in [9.17, 15) is 53.1 Å². The van der Waals surface area contributed by atoms with Crippen LogP contribution in [0, 0.1) is 13.8 Å². The minimum Gasteiger partial charge on any atom is -0.458 e. The molecule has 394 valence electrons. The number of hydrogen-bond acceptors (Lipinski definition) is 15. The first-order chi connectivity index (χ1) is 36.0. The van der Waals surface area contributed by atoms with Crippen molar-refractivity contribution >= 4 is 63.8 Å². The van der Waals surface area contributed by atoms with E-state index >= 15 is 0 Å². The molecule has 0 saturated carbocycles. The molecule has 4 N–H and O–H groups in total. The van der Waals surface area contributed by atoms with Crippen molar-refractivity contribution in [3.05, 3.63) is 109 Å². The first-order valence-electron chi connectivity index (χ1n) is 25.2. The monoisotopic (exact) mass is 1030 g/mol. The van der Waals surface area contributed by atoms with E-state index in [1.54, 1.807) is 41.8 Å². The minimum absolute atomic E-state index is 0.00166. The smallest absolute Gasteiger partial charge is 0.343 e. The summed E-state index contributed by atoms with van der Waals surface area (Å²) in [6.45, 7) is 4.85. The molecule has 4 aliphatic rings. The summed E-state index contributed by atoms with van der Waals surface area (Å²) in [4.78, 5) is 134. The lowest BCUT2D eigenvalue weighted by molar-refractivity contribution is -0.172. The summed E-state index contributed by atoms with van der Waals surface area (Å²) in [5, 5.41) is 20.1. The number of carbonyl (C=O) groups excluding carboxylic acids is 9. The van der Waals surface area contributed by atoms with Crippen LogP contribution in [0.3, 0.4) is 0 Å². The average molecular weight is 1030 g/mol. The van der Waals surface area contributed by atoms with Gasteiger partial charge in [-0.2, -0.15) is 0 Å². The highest BCUT2D eigenvalue weighted by Gasteiger charge is 2.46. The SMILES string of the molecule is CC[C@@]1(O)C(=O)OCc2c1cc1n(c2=O)Cc2c-1nc1cc(C)c(C)c3c1c2[C@@H](CC(=O)COCNC(=O)CCC(=O)[C@H](Cc1ccccc1)NC(=O)CCC(=O)CNC(=O)CCOCCN1C(=O)C=CC1=O)CC3. The standard InChI is InChI=1S/C55H60N6O14/c1-4-55(72)40-25-43-52-38(27-61(43)53(70)39(40)29-75-54(55)71)50-34(10-12-37-32(3)31(2)22-42(59-52)51(37)50)24-36(63)28-74-30-57-45(65)15-13-44(64)41(23-33-8-6-5-7-9-33)58-47(67)14-11-35(62)26-56-46(66)18-20-73-21-19-60-48(68)16-17-49(60)69/h5-9,16-17,22,25,34,41,72H,4,10-15,18-21,23-24,26-30H2,1-3H3,(H,56,66)(H,57,65)(H,58,67)/t34-,41+,55+/m1/s1. The lowest BCUT2D eigenvalue weighted by Gasteiger charge is -2.31. The Kier molecular flexibility index (Phi) is 16.7. The van der Waals surface area contributed by atoms with E-state index in [1.807, 2.05) is 19.1 Å². The molecule has 0 radical (unpaired) electrons. The molecule has 0 bridgehead atoms. The number of nitrogens with one attached hydrogen (secondary N) is 3. The molecule has 20 heteroatoms. The third kappa shape index (κ3) is 11.9. The molecule has 3 aliphatic heterocycles. The number of imide groups is 1. The molecular formula is C55H60N6O14. The summed E-state index contributed by atoms with van der Waals surface area (Å²) in [5.41, 5.74) is 5.70. The third-order valence-electron chi connectivity index (χ3n) is 14.5. The predicted octanol–water partition coefficient (Wildman–Crippen LogP) is 2.65. The molecule has 2 aromatic heterocycles. The van der Waals surface area contributed by atoms with Gasteiger partial charge in [-0.05, 0) is 85.4 Å². The number of carbonyl (C=O) groups is 9. The minimum atomic E-state index is -1.98. The lowest BCUT2D eigenvalue weighted by Crippen LogP contribution is -2.44. The van der Waals surface area contributed by atoms with Crippen LogP contribution in [0.25, 0.3) is 22.3 Å². The molecule has 4 aromatic rings. The fourth-order valence-electron chi connectivity index (χ4n) is 10.2. The number of benzene rings is 2. The summed E-state index contributed by atoms with van der Waals surface area (Å²) < 4.78 is 17.8. The molecular weight excluding hydrogens is 969 g/mol. The van der Waals surface area contributed by atoms with E-state index in [0.717, 1.165) is 61.3 Å². The number of fused-ring (bicyclic) bond motifs is 5. The van der Waals surface area contributed by atoms with Gasteiger partial charge >= 0.3 is 5.97 Å². The van der Waals surface area contributed by atoms with Crippen molar-refractivity contribution in [2.75, 3.05) is 39.6 Å². The number of ether oxygens (including phenoxy) is 3. The number of aromatic nitrogens is 2. The molecule has 20 nitrogen and oxygen atoms in total. The number of amides is 5. The molecule has 0 unspecified atom stereocenters. The van der Waals surface area contributed by atoms with Crippen LogP contribution in [-0.2, 0) is 89.0 Å². The topological polar surface area (TPSA) is 276 Å². The molecule has 0 saturated heterocycles. The van der Waals surface area contributed by atoms with Crippen LogP contribution in [0.1, 0.15) is 109 Å². The molecule has 3 atom stereocenters. The van der Waals surface area contributed by atoms with Crippen LogP contribution < -0.4 is 21.5 Å². The van der Waals surface area contributed by atoms with Gasteiger partial charge in [0.05, 0.1) is 61.4 Å². The summed E-state index contributed by atoms with van der Waals surface area (Å²) in [6.07, 6.45) is 2.98. The van der Waals surface area contributed by atoms with Crippen LogP contribution in [-0.4, -0.2) is 118 Å². The number of aliphatic hydroxyl groups is 1. The number of hydrogen-bond donors (Lipinski definition) is 4. The highest BCUT2D eigenvalue weighted by atomic mass is 16.6. The molecule has 0 spiro atoms. The largest absolute Gasteiger partial charge is 0.458 e. The van der Waals surface area contributed by atoms with Gasteiger partial charge in [0.2, 0.25) is 17.7 Å². The van der Waals surface area contributed by atoms with E-state index in [0.29, 0.717) is 24.2 Å². The van der Waals surface area contributed by atoms with Crippen LogP contribution in [0.5, 0.6) is 0 Å². The van der Waals surface area contributed by atoms with E-state index in [-0.39, 0.29) is 133 Å². The summed E-state index contributed by atoms with van der Waals surface area (Å²) in [6, 6.07) is 11.7. The number of cyclic esters (lactones) is 1. The van der Waals surface area contributed by atoms with E-state index in [2.05, 4.69) is 22.9 Å². The molecule has 8 rings (SSSR count). The Labute approximate surface area is 431 Å². The summed E-state index contributed by atoms with van der Waals surface area (Å²) in [5.74, 6) is -4.51. The van der Waals surface area contributed by atoms with Crippen molar-refractivity contribution in [1.82, 2.24) is 30.4 Å². The highest BCUT2D eigenvalue weighted by molar-refractivity contribution is 6.12. The Bertz CT molecular complexity index is 3070. The zero-order valence-corrected chi connectivity index (χ0v) is 42.2. The van der Waals surface area contributed by atoms with Gasteiger partial charge in [-0.15, -0.1) is 0 Å². The fourth-order valence-corrected chi connectivity index (χ4v) is 10.2. The average Bonchev–Trinajstić information content (AvgIpc) is 3.98. The number of nitrogens with zero attached hydrogens (tertiary/aromatic N) is 3. The van der Waals surface area contributed by atoms with Crippen molar-refractivity contribution in [3.63, 3.8) is 0 Å². The molecule has 5 heterocycles. The summed E-state index contributed by atoms with van der Waals surface area (Å²) in [7, 11) is 0. The number of pyridine rings is 2. The van der Waals surface area contributed by atoms with Gasteiger partial charge in [0.25, 0.3) is 17.4 Å². The fraction of sp³-hybridized carbons (Fsp3) is 0.436. The second-order valence-corrected chi connectivity index (χ2v) is 19.3. The Hall–Kier alpha value is -7.55. The predicted molar refractivity (Wildman–Crippen MR) is 269 cm³/mol. The van der Waals surface area contributed by atoms with Crippen LogP contribution in [0.2, 0.25) is 0 Å². The van der Waals surface area contributed by atoms with Gasteiger partial charge in [0, 0.05) is 67.2 Å². The van der Waals surface area contributed by atoms with E-state index < -0.39 is 58.7 Å². The van der Waals surface area contributed by atoms with Gasteiger partial charge in [0.15, 0.2) is 23.0 Å². The second-order valence-electron chi connectivity index (χ2n) is 19.3. The van der Waals surface area contributed by atoms with Crippen molar-refractivity contribution in [2.45, 2.75) is 116 Å². The quantitative estimate of drug-likeness (QED) is 0.0283. The van der Waals surface area contributed by atoms with Crippen molar-refractivity contribution in [2.24, 2.45) is 0 Å². The maximum atomic E-state index is 14.0. The molecule has 5 amide bonds. The maximum absolute atomic E-state index is 14.0. The molecule has 0 fully saturated rings. The molecule has 2 aromatic carbocycles. The van der Waals surface area contributed by atoms with Crippen LogP contribution >= 0.6 is 0 Å². The maximum Gasteiger partial charge on any atom is 0.343 e. The number of esters is 1. The van der Waals surface area contributed by atoms with Crippen LogP contribution in [0.15, 0.2) is 59.4 Å². The van der Waals surface area contributed by atoms with Gasteiger partial charge in [0.1, 0.15) is 19.9 Å². The number of Topliss-reactive ketones (excluding diaryl/α,β-unsaturated/α-hetero) is 3. The zero-order chi connectivity index (χ0) is 53.6. The third-order valence-corrected chi connectivity index (χ3v) is 14.5. The van der Waals surface area contributed by atoms with Crippen molar-refractivity contribution in [3.8, 4) is 11.4 Å². The van der Waals surface area contributed by atoms with Crippen molar-refractivity contribution in [1.29, 1.82) is 0 Å². The molecule has 1 aliphatic carbocycles. The normalized spacial score (nSPS) is 17.5. The number of rotatable bonds is 25. The first-order valence-corrected chi connectivity index (χ1v) is 25.2. The van der Waals surface area contributed by atoms with Gasteiger partial charge in [-0.1, -0.05) is 37.3 Å². The molecule has 75 heavy (non-hydrogen) atoms. The van der Waals surface area contributed by atoms with E-state index in [4.69, 9.17) is 19.2 Å². The van der Waals surface area contributed by atoms with Gasteiger partial charge < -0.3 is 39.8 Å².